The van der Waals surface area contributed by atoms with Crippen molar-refractivity contribution in [3.63, 3.8) is 0 Å². The number of aromatic nitrogens is 2. The van der Waals surface area contributed by atoms with E-state index in [0.717, 1.165) is 11.3 Å². The van der Waals surface area contributed by atoms with E-state index in [1.807, 2.05) is 13.0 Å². The molecule has 1 aromatic heterocycles. The Kier molecular flexibility index (Phi) is 4.66. The Morgan fingerprint density at radius 1 is 1.42 bits per heavy atom. The van der Waals surface area contributed by atoms with Crippen molar-refractivity contribution in [1.29, 1.82) is 0 Å². The number of methoxy groups -OCH3 is 1. The van der Waals surface area contributed by atoms with Gasteiger partial charge in [-0.2, -0.15) is 0 Å². The molecule has 2 amide bonds. The molecular weight excluding hydrogens is 312 g/mol. The van der Waals surface area contributed by atoms with Gasteiger partial charge in [-0.1, -0.05) is 0 Å². The number of ether oxygens (including phenoxy) is 2. The molecule has 128 valence electrons. The summed E-state index contributed by atoms with van der Waals surface area (Å²) < 4.78 is 12.4. The topological polar surface area (TPSA) is 94.5 Å². The number of urea groups is 1. The molecule has 3 rings (SSSR count). The highest BCUT2D eigenvalue weighted by Crippen LogP contribution is 2.26. The summed E-state index contributed by atoms with van der Waals surface area (Å²) in [6.45, 7) is 3.76. The Morgan fingerprint density at radius 2 is 2.25 bits per heavy atom. The van der Waals surface area contributed by atoms with Gasteiger partial charge in [-0.3, -0.25) is 0 Å². The van der Waals surface area contributed by atoms with E-state index in [4.69, 9.17) is 9.47 Å². The zero-order valence-corrected chi connectivity index (χ0v) is 13.7. The molecule has 0 radical (unpaired) electrons. The van der Waals surface area contributed by atoms with Crippen molar-refractivity contribution < 1.29 is 19.1 Å². The Morgan fingerprint density at radius 3 is 3.00 bits per heavy atom. The smallest absolute Gasteiger partial charge is 0.337 e. The van der Waals surface area contributed by atoms with Crippen molar-refractivity contribution in [2.24, 2.45) is 0 Å². The minimum absolute atomic E-state index is 0.0506. The van der Waals surface area contributed by atoms with E-state index in [2.05, 4.69) is 20.2 Å². The lowest BCUT2D eigenvalue weighted by molar-refractivity contribution is 0.0572. The fraction of sp³-hybridized carbons (Fsp3) is 0.438. The Hall–Kier alpha value is -2.61. The molecule has 24 heavy (non-hydrogen) atoms. The monoisotopic (exact) mass is 332 g/mol. The average Bonchev–Trinajstić information content (AvgIpc) is 2.97. The first-order valence-electron chi connectivity index (χ1n) is 7.82. The lowest BCUT2D eigenvalue weighted by atomic mass is 10.2. The number of nitrogens with zero attached hydrogens (tertiary/aromatic N) is 2. The zero-order chi connectivity index (χ0) is 17.1. The molecule has 8 heteroatoms. The molecule has 0 saturated heterocycles. The van der Waals surface area contributed by atoms with Gasteiger partial charge in [0.05, 0.1) is 36.4 Å². The first-order chi connectivity index (χ1) is 11.6. The molecule has 0 aliphatic carbocycles. The minimum Gasteiger partial charge on any atom is -0.465 e. The zero-order valence-electron chi connectivity index (χ0n) is 13.7. The number of hydrogen-bond donors (Lipinski definition) is 2. The lowest BCUT2D eigenvalue weighted by Crippen LogP contribution is -2.40. The van der Waals surface area contributed by atoms with Crippen molar-refractivity contribution in [2.45, 2.75) is 19.6 Å². The highest BCUT2D eigenvalue weighted by Gasteiger charge is 2.25. The van der Waals surface area contributed by atoms with E-state index in [-0.39, 0.29) is 12.1 Å². The molecule has 2 heterocycles. The number of carbonyl (C=O) groups is 2. The number of carbonyl (C=O) groups excluding carboxylic acids is 2. The van der Waals surface area contributed by atoms with Crippen LogP contribution in [0.3, 0.4) is 0 Å². The van der Waals surface area contributed by atoms with E-state index in [0.29, 0.717) is 37.4 Å². The molecule has 1 aliphatic rings. The predicted octanol–water partition coefficient (Wildman–Crippen LogP) is 1.21. The van der Waals surface area contributed by atoms with Crippen LogP contribution in [0.1, 0.15) is 29.1 Å². The predicted molar refractivity (Wildman–Crippen MR) is 86.8 cm³/mol. The number of imidazole rings is 1. The van der Waals surface area contributed by atoms with Gasteiger partial charge in [0.25, 0.3) is 0 Å². The van der Waals surface area contributed by atoms with Gasteiger partial charge in [0.15, 0.2) is 0 Å². The molecule has 1 aliphatic heterocycles. The fourth-order valence-electron chi connectivity index (χ4n) is 2.85. The van der Waals surface area contributed by atoms with Crippen LogP contribution in [0.15, 0.2) is 18.2 Å². The summed E-state index contributed by atoms with van der Waals surface area (Å²) in [5.74, 6) is 0.384. The van der Waals surface area contributed by atoms with Crippen LogP contribution in [0.5, 0.6) is 0 Å². The van der Waals surface area contributed by atoms with Crippen molar-refractivity contribution in [1.82, 2.24) is 20.2 Å². The first kappa shape index (κ1) is 16.3. The van der Waals surface area contributed by atoms with E-state index < -0.39 is 5.97 Å². The van der Waals surface area contributed by atoms with Crippen LogP contribution in [-0.4, -0.2) is 48.4 Å². The van der Waals surface area contributed by atoms with E-state index in [1.54, 1.807) is 12.1 Å². The molecule has 2 N–H and O–H groups in total. The third kappa shape index (κ3) is 3.05. The fourth-order valence-corrected chi connectivity index (χ4v) is 2.85. The number of nitrogens with one attached hydrogen (secondary N) is 2. The SMILES string of the molecule is CCNC(=O)NCC1COCc2nc3cc(C(=O)OC)ccc3n21. The van der Waals surface area contributed by atoms with Crippen molar-refractivity contribution in [3.8, 4) is 0 Å². The van der Waals surface area contributed by atoms with Crippen LogP contribution in [0, 0.1) is 0 Å². The van der Waals surface area contributed by atoms with Crippen molar-refractivity contribution in [3.05, 3.63) is 29.6 Å². The maximum atomic E-state index is 11.7. The van der Waals surface area contributed by atoms with E-state index in [9.17, 15) is 9.59 Å². The molecule has 2 aromatic rings. The standard InChI is InChI=1S/C16H20N4O4/c1-3-17-16(22)18-7-11-8-24-9-14-19-12-6-10(15(21)23-2)4-5-13(12)20(11)14/h4-6,11H,3,7-9H2,1-2H3,(H2,17,18,22). The molecule has 0 spiro atoms. The summed E-state index contributed by atoms with van der Waals surface area (Å²) in [5, 5.41) is 5.53. The van der Waals surface area contributed by atoms with Gasteiger partial charge in [0.2, 0.25) is 0 Å². The summed E-state index contributed by atoms with van der Waals surface area (Å²) in [5.41, 5.74) is 2.07. The maximum absolute atomic E-state index is 11.7. The summed E-state index contributed by atoms with van der Waals surface area (Å²) in [6.07, 6.45) is 0. The van der Waals surface area contributed by atoms with Crippen LogP contribution in [-0.2, 0) is 16.1 Å². The van der Waals surface area contributed by atoms with E-state index in [1.165, 1.54) is 7.11 Å². The second kappa shape index (κ2) is 6.88. The molecular formula is C16H20N4O4. The summed E-state index contributed by atoms with van der Waals surface area (Å²) >= 11 is 0. The third-order valence-corrected chi connectivity index (χ3v) is 3.93. The molecule has 0 bridgehead atoms. The third-order valence-electron chi connectivity index (χ3n) is 3.93. The van der Waals surface area contributed by atoms with Crippen LogP contribution >= 0.6 is 0 Å². The number of fused-ring (bicyclic) bond motifs is 3. The highest BCUT2D eigenvalue weighted by molar-refractivity contribution is 5.93. The number of amides is 2. The van der Waals surface area contributed by atoms with Crippen molar-refractivity contribution >= 4 is 23.0 Å². The quantitative estimate of drug-likeness (QED) is 0.821. The van der Waals surface area contributed by atoms with E-state index >= 15 is 0 Å². The normalized spacial score (nSPS) is 16.5. The van der Waals surface area contributed by atoms with Gasteiger partial charge >= 0.3 is 12.0 Å². The summed E-state index contributed by atoms with van der Waals surface area (Å²) in [7, 11) is 1.35. The van der Waals surface area contributed by atoms with Gasteiger partial charge in [-0.05, 0) is 25.1 Å². The molecule has 8 nitrogen and oxygen atoms in total. The second-order valence-corrected chi connectivity index (χ2v) is 5.50. The number of hydrogen-bond acceptors (Lipinski definition) is 5. The van der Waals surface area contributed by atoms with Crippen molar-refractivity contribution in [2.75, 3.05) is 26.8 Å². The molecule has 1 aromatic carbocycles. The molecule has 1 atom stereocenters. The number of rotatable bonds is 4. The largest absolute Gasteiger partial charge is 0.465 e. The van der Waals surface area contributed by atoms with Gasteiger partial charge in [0, 0.05) is 13.1 Å². The van der Waals surface area contributed by atoms with Crippen LogP contribution in [0.25, 0.3) is 11.0 Å². The first-order valence-corrected chi connectivity index (χ1v) is 7.82. The van der Waals surface area contributed by atoms with Gasteiger partial charge in [-0.15, -0.1) is 0 Å². The molecule has 0 saturated carbocycles. The minimum atomic E-state index is -0.395. The van der Waals surface area contributed by atoms with Gasteiger partial charge in [-0.25, -0.2) is 14.6 Å². The van der Waals surface area contributed by atoms with Crippen LogP contribution < -0.4 is 10.6 Å². The molecule has 1 unspecified atom stereocenters. The molecule has 0 fully saturated rings. The number of benzene rings is 1. The van der Waals surface area contributed by atoms with Gasteiger partial charge in [0.1, 0.15) is 12.4 Å². The summed E-state index contributed by atoms with van der Waals surface area (Å²) in [6, 6.07) is 5.02. The second-order valence-electron chi connectivity index (χ2n) is 5.50. The van der Waals surface area contributed by atoms with Gasteiger partial charge < -0.3 is 24.7 Å². The number of esters is 1. The maximum Gasteiger partial charge on any atom is 0.337 e. The lowest BCUT2D eigenvalue weighted by Gasteiger charge is -2.26. The average molecular weight is 332 g/mol. The Labute approximate surface area is 139 Å². The van der Waals surface area contributed by atoms with Crippen LogP contribution in [0.4, 0.5) is 4.79 Å². The highest BCUT2D eigenvalue weighted by atomic mass is 16.5. The Bertz CT molecular complexity index is 771. The van der Waals surface area contributed by atoms with Crippen LogP contribution in [0.2, 0.25) is 0 Å². The summed E-state index contributed by atoms with van der Waals surface area (Å²) in [4.78, 5) is 27.8. The Balaban J connectivity index is 1.88.